The molecule has 0 aliphatic rings. The molecule has 8 heteroatoms. The summed E-state index contributed by atoms with van der Waals surface area (Å²) in [6.07, 6.45) is 4.82. The molecule has 0 unspecified atom stereocenters. The zero-order valence-corrected chi connectivity index (χ0v) is 16.4. The molecule has 8 nitrogen and oxygen atoms in total. The number of urea groups is 1. The molecule has 0 radical (unpaired) electrons. The molecule has 150 valence electrons. The molecule has 4 aromatic rings. The second kappa shape index (κ2) is 8.44. The van der Waals surface area contributed by atoms with Gasteiger partial charge in [0.15, 0.2) is 0 Å². The third-order valence-corrected chi connectivity index (χ3v) is 4.44. The maximum Gasteiger partial charge on any atom is 0.323 e. The highest BCUT2D eigenvalue weighted by Gasteiger charge is 2.11. The van der Waals surface area contributed by atoms with Crippen LogP contribution in [-0.2, 0) is 0 Å². The summed E-state index contributed by atoms with van der Waals surface area (Å²) in [6.45, 7) is 0. The lowest BCUT2D eigenvalue weighted by Crippen LogP contribution is -2.19. The SMILES string of the molecule is COc1ccc(NC(=O)Nc2cncc3ncc(-c4ccc(OC)cc4)nc23)cc1. The number of hydrogen-bond donors (Lipinski definition) is 2. The number of rotatable bonds is 5. The molecule has 2 heterocycles. The van der Waals surface area contributed by atoms with Crippen molar-refractivity contribution in [3.05, 3.63) is 67.1 Å². The van der Waals surface area contributed by atoms with E-state index in [9.17, 15) is 4.79 Å². The van der Waals surface area contributed by atoms with E-state index in [4.69, 9.17) is 9.47 Å². The van der Waals surface area contributed by atoms with Gasteiger partial charge in [0, 0.05) is 11.3 Å². The molecule has 0 aliphatic carbocycles. The number of pyridine rings is 1. The minimum atomic E-state index is -0.411. The number of nitrogens with one attached hydrogen (secondary N) is 2. The zero-order chi connectivity index (χ0) is 20.9. The van der Waals surface area contributed by atoms with Gasteiger partial charge in [0.05, 0.1) is 44.2 Å². The summed E-state index contributed by atoms with van der Waals surface area (Å²) in [5, 5.41) is 5.56. The Balaban J connectivity index is 1.58. The second-order valence-corrected chi connectivity index (χ2v) is 6.35. The second-order valence-electron chi connectivity index (χ2n) is 6.35. The van der Waals surface area contributed by atoms with E-state index in [2.05, 4.69) is 25.6 Å². The van der Waals surface area contributed by atoms with Crippen LogP contribution < -0.4 is 20.1 Å². The van der Waals surface area contributed by atoms with Gasteiger partial charge in [-0.25, -0.2) is 9.78 Å². The van der Waals surface area contributed by atoms with Crippen molar-refractivity contribution in [2.45, 2.75) is 0 Å². The quantitative estimate of drug-likeness (QED) is 0.516. The Kier molecular flexibility index (Phi) is 5.38. The summed E-state index contributed by atoms with van der Waals surface area (Å²) in [7, 11) is 3.21. The van der Waals surface area contributed by atoms with E-state index in [1.54, 1.807) is 57.1 Å². The summed E-state index contributed by atoms with van der Waals surface area (Å²) in [5.41, 5.74) is 3.77. The summed E-state index contributed by atoms with van der Waals surface area (Å²) in [4.78, 5) is 25.7. The number of carbonyl (C=O) groups is 1. The van der Waals surface area contributed by atoms with Crippen LogP contribution >= 0.6 is 0 Å². The molecule has 0 atom stereocenters. The summed E-state index contributed by atoms with van der Waals surface area (Å²) < 4.78 is 10.3. The molecule has 0 saturated heterocycles. The van der Waals surface area contributed by atoms with E-state index in [1.807, 2.05) is 24.3 Å². The number of benzene rings is 2. The summed E-state index contributed by atoms with van der Waals surface area (Å²) in [5.74, 6) is 1.47. The third-order valence-electron chi connectivity index (χ3n) is 4.44. The third kappa shape index (κ3) is 4.12. The van der Waals surface area contributed by atoms with Gasteiger partial charge in [0.25, 0.3) is 0 Å². The van der Waals surface area contributed by atoms with E-state index >= 15 is 0 Å². The minimum Gasteiger partial charge on any atom is -0.497 e. The van der Waals surface area contributed by atoms with Gasteiger partial charge in [-0.1, -0.05) is 0 Å². The van der Waals surface area contributed by atoms with Gasteiger partial charge in [-0.15, -0.1) is 0 Å². The number of ether oxygens (including phenoxy) is 2. The Morgan fingerprint density at radius 2 is 1.50 bits per heavy atom. The van der Waals surface area contributed by atoms with Gasteiger partial charge >= 0.3 is 6.03 Å². The fourth-order valence-corrected chi connectivity index (χ4v) is 2.89. The lowest BCUT2D eigenvalue weighted by atomic mass is 10.1. The average Bonchev–Trinajstić information content (AvgIpc) is 2.79. The van der Waals surface area contributed by atoms with Crippen LogP contribution in [0.15, 0.2) is 67.1 Å². The molecule has 0 bridgehead atoms. The maximum atomic E-state index is 12.5. The number of anilines is 2. The van der Waals surface area contributed by atoms with Crippen molar-refractivity contribution in [1.29, 1.82) is 0 Å². The van der Waals surface area contributed by atoms with Crippen molar-refractivity contribution < 1.29 is 14.3 Å². The van der Waals surface area contributed by atoms with Crippen LogP contribution in [0.2, 0.25) is 0 Å². The van der Waals surface area contributed by atoms with Gasteiger partial charge in [0.1, 0.15) is 22.5 Å². The van der Waals surface area contributed by atoms with E-state index < -0.39 is 6.03 Å². The number of aromatic nitrogens is 3. The molecular formula is C22H19N5O3. The Labute approximate surface area is 172 Å². The van der Waals surface area contributed by atoms with Crippen LogP contribution in [0, 0.1) is 0 Å². The number of methoxy groups -OCH3 is 2. The monoisotopic (exact) mass is 401 g/mol. The van der Waals surface area contributed by atoms with Crippen LogP contribution in [0.4, 0.5) is 16.2 Å². The first-order valence-electron chi connectivity index (χ1n) is 9.13. The Morgan fingerprint density at radius 3 is 2.17 bits per heavy atom. The Morgan fingerprint density at radius 1 is 0.833 bits per heavy atom. The standard InChI is InChI=1S/C22H19N5O3/c1-29-16-7-3-14(4-8-16)18-13-24-19-11-23-12-20(21(19)26-18)27-22(28)25-15-5-9-17(30-2)10-6-15/h3-13H,1-2H3,(H2,25,27,28). The van der Waals surface area contributed by atoms with Crippen LogP contribution in [0.5, 0.6) is 11.5 Å². The van der Waals surface area contributed by atoms with Crippen LogP contribution in [-0.4, -0.2) is 35.2 Å². The van der Waals surface area contributed by atoms with Crippen LogP contribution in [0.3, 0.4) is 0 Å². The topological polar surface area (TPSA) is 98.3 Å². The van der Waals surface area contributed by atoms with Crippen LogP contribution in [0.1, 0.15) is 0 Å². The van der Waals surface area contributed by atoms with E-state index in [0.717, 1.165) is 11.3 Å². The van der Waals surface area contributed by atoms with E-state index in [-0.39, 0.29) is 0 Å². The van der Waals surface area contributed by atoms with Crippen molar-refractivity contribution in [2.75, 3.05) is 24.9 Å². The summed E-state index contributed by atoms with van der Waals surface area (Å²) in [6, 6.07) is 14.1. The van der Waals surface area contributed by atoms with E-state index in [0.29, 0.717) is 33.9 Å². The highest BCUT2D eigenvalue weighted by molar-refractivity contribution is 6.04. The van der Waals surface area contributed by atoms with Crippen molar-refractivity contribution >= 4 is 28.4 Å². The molecule has 30 heavy (non-hydrogen) atoms. The molecule has 0 aliphatic heterocycles. The molecule has 4 rings (SSSR count). The fraction of sp³-hybridized carbons (Fsp3) is 0.0909. The van der Waals surface area contributed by atoms with Gasteiger partial charge in [-0.3, -0.25) is 9.97 Å². The molecule has 2 aromatic carbocycles. The maximum absolute atomic E-state index is 12.5. The first-order chi connectivity index (χ1) is 14.7. The molecule has 2 aromatic heterocycles. The average molecular weight is 401 g/mol. The molecule has 0 fully saturated rings. The molecule has 2 N–H and O–H groups in total. The molecule has 0 saturated carbocycles. The van der Waals surface area contributed by atoms with Gasteiger partial charge in [-0.05, 0) is 48.5 Å². The highest BCUT2D eigenvalue weighted by atomic mass is 16.5. The summed E-state index contributed by atoms with van der Waals surface area (Å²) >= 11 is 0. The van der Waals surface area contributed by atoms with Gasteiger partial charge in [0.2, 0.25) is 0 Å². The normalized spacial score (nSPS) is 10.5. The number of amides is 2. The first kappa shape index (κ1) is 19.1. The Bertz CT molecular complexity index is 1180. The van der Waals surface area contributed by atoms with E-state index in [1.165, 1.54) is 0 Å². The highest BCUT2D eigenvalue weighted by Crippen LogP contribution is 2.25. The molecule has 2 amide bonds. The van der Waals surface area contributed by atoms with Crippen LogP contribution in [0.25, 0.3) is 22.3 Å². The first-order valence-corrected chi connectivity index (χ1v) is 9.13. The molecule has 0 spiro atoms. The lowest BCUT2D eigenvalue weighted by molar-refractivity contribution is 0.262. The smallest absolute Gasteiger partial charge is 0.323 e. The van der Waals surface area contributed by atoms with Crippen molar-refractivity contribution in [3.63, 3.8) is 0 Å². The van der Waals surface area contributed by atoms with Crippen molar-refractivity contribution in [3.8, 4) is 22.8 Å². The zero-order valence-electron chi connectivity index (χ0n) is 16.4. The number of nitrogens with zero attached hydrogens (tertiary/aromatic N) is 3. The number of carbonyl (C=O) groups excluding carboxylic acids is 1. The Hall–Kier alpha value is -4.20. The van der Waals surface area contributed by atoms with Crippen molar-refractivity contribution in [1.82, 2.24) is 15.0 Å². The molecular weight excluding hydrogens is 382 g/mol. The lowest BCUT2D eigenvalue weighted by Gasteiger charge is -2.10. The predicted molar refractivity (Wildman–Crippen MR) is 115 cm³/mol. The van der Waals surface area contributed by atoms with Gasteiger partial charge in [-0.2, -0.15) is 0 Å². The number of fused-ring (bicyclic) bond motifs is 1. The van der Waals surface area contributed by atoms with Gasteiger partial charge < -0.3 is 20.1 Å². The number of hydrogen-bond acceptors (Lipinski definition) is 6. The largest absolute Gasteiger partial charge is 0.497 e. The fourth-order valence-electron chi connectivity index (χ4n) is 2.89. The minimum absolute atomic E-state index is 0.411. The van der Waals surface area contributed by atoms with Crippen molar-refractivity contribution in [2.24, 2.45) is 0 Å². The predicted octanol–water partition coefficient (Wildman–Crippen LogP) is 4.35.